The monoisotopic (exact) mass is 258 g/mol. The molecule has 0 aromatic carbocycles. The predicted octanol–water partition coefficient (Wildman–Crippen LogP) is 4.11. The van der Waals surface area contributed by atoms with E-state index < -0.39 is 8.32 Å². The van der Waals surface area contributed by atoms with Gasteiger partial charge in [-0.1, -0.05) is 26.8 Å². The summed E-state index contributed by atoms with van der Waals surface area (Å²) in [6.07, 6.45) is 4.44. The summed E-state index contributed by atoms with van der Waals surface area (Å²) in [7, 11) is -1.45. The van der Waals surface area contributed by atoms with Gasteiger partial charge in [0.2, 0.25) is 0 Å². The zero-order valence-electron chi connectivity index (χ0n) is 12.0. The van der Waals surface area contributed by atoms with Crippen LogP contribution in [0, 0.1) is 0 Å². The van der Waals surface area contributed by atoms with Crippen LogP contribution in [0.2, 0.25) is 18.1 Å². The minimum atomic E-state index is -1.45. The summed E-state index contributed by atoms with van der Waals surface area (Å²) in [5.74, 6) is 0. The molecule has 0 aliphatic carbocycles. The van der Waals surface area contributed by atoms with Crippen LogP contribution < -0.4 is 0 Å². The van der Waals surface area contributed by atoms with E-state index in [1.54, 1.807) is 6.08 Å². The lowest BCUT2D eigenvalue weighted by Gasteiger charge is -2.31. The molecule has 0 bridgehead atoms. The molecule has 0 saturated heterocycles. The van der Waals surface area contributed by atoms with Crippen molar-refractivity contribution in [2.24, 2.45) is 0 Å². The van der Waals surface area contributed by atoms with Crippen LogP contribution in [-0.2, 0) is 4.43 Å². The van der Waals surface area contributed by atoms with Crippen LogP contribution in [0.15, 0.2) is 12.7 Å². The fourth-order valence-corrected chi connectivity index (χ4v) is 5.19. The van der Waals surface area contributed by atoms with E-state index >= 15 is 0 Å². The normalized spacial score (nSPS) is 15.6. The van der Waals surface area contributed by atoms with E-state index in [4.69, 9.17) is 4.43 Å². The second-order valence-corrected chi connectivity index (χ2v) is 9.63. The molecular weight excluding hydrogens is 228 g/mol. The Bertz CT molecular complexity index is 194. The first kappa shape index (κ1) is 16.9. The largest absolute Gasteiger partial charge is 0.414 e. The molecule has 0 aliphatic heterocycles. The molecule has 2 atom stereocenters. The van der Waals surface area contributed by atoms with Gasteiger partial charge < -0.3 is 9.53 Å². The average molecular weight is 258 g/mol. The summed E-state index contributed by atoms with van der Waals surface area (Å²) >= 11 is 0. The Hall–Kier alpha value is -0.123. The summed E-state index contributed by atoms with van der Waals surface area (Å²) < 4.78 is 6.33. The van der Waals surface area contributed by atoms with Crippen LogP contribution in [0.4, 0.5) is 0 Å². The smallest absolute Gasteiger partial charge is 0.192 e. The summed E-state index contributed by atoms with van der Waals surface area (Å²) in [5, 5.41) is 9.39. The highest BCUT2D eigenvalue weighted by Crippen LogP contribution is 2.24. The highest BCUT2D eigenvalue weighted by Gasteiger charge is 2.30. The van der Waals surface area contributed by atoms with Crippen LogP contribution in [-0.4, -0.2) is 25.6 Å². The van der Waals surface area contributed by atoms with E-state index in [-0.39, 0.29) is 6.10 Å². The van der Waals surface area contributed by atoms with Crippen molar-refractivity contribution in [3.8, 4) is 0 Å². The van der Waals surface area contributed by atoms with E-state index in [1.165, 1.54) is 18.1 Å². The number of aliphatic hydroxyl groups is 1. The van der Waals surface area contributed by atoms with Crippen molar-refractivity contribution in [1.29, 1.82) is 0 Å². The summed E-state index contributed by atoms with van der Waals surface area (Å²) in [6.45, 7) is 12.5. The SMILES string of the molecule is C=CC(O)CCC[C@@H](C)O[Si](CC)(CC)CC. The van der Waals surface area contributed by atoms with Crippen molar-refractivity contribution in [3.63, 3.8) is 0 Å². The molecule has 3 heteroatoms. The highest BCUT2D eigenvalue weighted by atomic mass is 28.4. The Labute approximate surface area is 108 Å². The lowest BCUT2D eigenvalue weighted by Crippen LogP contribution is -2.39. The molecule has 0 spiro atoms. The molecule has 0 aromatic heterocycles. The maximum absolute atomic E-state index is 9.39. The molecule has 0 rings (SSSR count). The van der Waals surface area contributed by atoms with Crippen LogP contribution in [0.1, 0.15) is 47.0 Å². The highest BCUT2D eigenvalue weighted by molar-refractivity contribution is 6.73. The fourth-order valence-electron chi connectivity index (χ4n) is 2.22. The van der Waals surface area contributed by atoms with Crippen molar-refractivity contribution in [2.45, 2.75) is 77.3 Å². The van der Waals surface area contributed by atoms with E-state index in [0.717, 1.165) is 19.3 Å². The number of hydrogen-bond acceptors (Lipinski definition) is 2. The van der Waals surface area contributed by atoms with Crippen molar-refractivity contribution in [2.75, 3.05) is 0 Å². The Morgan fingerprint density at radius 1 is 1.18 bits per heavy atom. The predicted molar refractivity (Wildman–Crippen MR) is 77.8 cm³/mol. The molecule has 102 valence electrons. The van der Waals surface area contributed by atoms with Gasteiger partial charge in [0.1, 0.15) is 0 Å². The van der Waals surface area contributed by atoms with E-state index in [2.05, 4.69) is 34.3 Å². The minimum Gasteiger partial charge on any atom is -0.414 e. The van der Waals surface area contributed by atoms with Crippen LogP contribution in [0.3, 0.4) is 0 Å². The third-order valence-electron chi connectivity index (χ3n) is 3.77. The topological polar surface area (TPSA) is 29.5 Å². The van der Waals surface area contributed by atoms with Crippen molar-refractivity contribution in [1.82, 2.24) is 0 Å². The average Bonchev–Trinajstić information content (AvgIpc) is 2.36. The van der Waals surface area contributed by atoms with Gasteiger partial charge in [0.05, 0.1) is 6.10 Å². The van der Waals surface area contributed by atoms with E-state index in [1.807, 2.05) is 0 Å². The Morgan fingerprint density at radius 2 is 1.71 bits per heavy atom. The summed E-state index contributed by atoms with van der Waals surface area (Å²) in [5.41, 5.74) is 0. The zero-order valence-corrected chi connectivity index (χ0v) is 13.0. The van der Waals surface area contributed by atoms with Crippen LogP contribution in [0.5, 0.6) is 0 Å². The van der Waals surface area contributed by atoms with Gasteiger partial charge in [-0.25, -0.2) is 0 Å². The Balaban J connectivity index is 3.98. The van der Waals surface area contributed by atoms with Gasteiger partial charge in [-0.05, 0) is 44.3 Å². The van der Waals surface area contributed by atoms with Crippen LogP contribution in [0.25, 0.3) is 0 Å². The molecule has 0 amide bonds. The van der Waals surface area contributed by atoms with Gasteiger partial charge in [-0.15, -0.1) is 6.58 Å². The molecule has 0 fully saturated rings. The minimum absolute atomic E-state index is 0.332. The molecule has 17 heavy (non-hydrogen) atoms. The lowest BCUT2D eigenvalue weighted by molar-refractivity contribution is 0.172. The van der Waals surface area contributed by atoms with Crippen molar-refractivity contribution < 1.29 is 9.53 Å². The molecule has 2 nitrogen and oxygen atoms in total. The van der Waals surface area contributed by atoms with Gasteiger partial charge in [0.15, 0.2) is 8.32 Å². The number of aliphatic hydroxyl groups excluding tert-OH is 1. The van der Waals surface area contributed by atoms with Gasteiger partial charge >= 0.3 is 0 Å². The Morgan fingerprint density at radius 3 is 2.12 bits per heavy atom. The maximum Gasteiger partial charge on any atom is 0.192 e. The molecule has 0 radical (unpaired) electrons. The quantitative estimate of drug-likeness (QED) is 0.472. The van der Waals surface area contributed by atoms with Crippen LogP contribution >= 0.6 is 0 Å². The first-order chi connectivity index (χ1) is 8.03. The summed E-state index contributed by atoms with van der Waals surface area (Å²) in [4.78, 5) is 0. The Kier molecular flexibility index (Phi) is 8.83. The van der Waals surface area contributed by atoms with E-state index in [9.17, 15) is 5.11 Å². The van der Waals surface area contributed by atoms with Gasteiger partial charge in [-0.2, -0.15) is 0 Å². The number of hydrogen-bond donors (Lipinski definition) is 1. The number of rotatable bonds is 10. The first-order valence-corrected chi connectivity index (χ1v) is 9.55. The molecule has 0 aliphatic rings. The molecule has 1 N–H and O–H groups in total. The fraction of sp³-hybridized carbons (Fsp3) is 0.857. The van der Waals surface area contributed by atoms with Gasteiger partial charge in [0.25, 0.3) is 0 Å². The summed E-state index contributed by atoms with van der Waals surface area (Å²) in [6, 6.07) is 3.62. The van der Waals surface area contributed by atoms with Crippen molar-refractivity contribution >= 4 is 8.32 Å². The van der Waals surface area contributed by atoms with E-state index in [0.29, 0.717) is 6.10 Å². The second kappa shape index (κ2) is 8.89. The molecule has 1 unspecified atom stereocenters. The maximum atomic E-state index is 9.39. The van der Waals surface area contributed by atoms with Crippen molar-refractivity contribution in [3.05, 3.63) is 12.7 Å². The first-order valence-electron chi connectivity index (χ1n) is 7.02. The third kappa shape index (κ3) is 6.39. The van der Waals surface area contributed by atoms with Gasteiger partial charge in [-0.3, -0.25) is 0 Å². The lowest BCUT2D eigenvalue weighted by atomic mass is 10.1. The molecular formula is C14H30O2Si. The standard InChI is InChI=1S/C14H30O2Si/c1-6-14(15)12-10-11-13(5)16-17(7-2,8-3)9-4/h6,13-15H,1,7-12H2,2-5H3/t13-,14?/m1/s1. The third-order valence-corrected chi connectivity index (χ3v) is 8.54. The molecule has 0 heterocycles. The second-order valence-electron chi connectivity index (χ2n) is 4.91. The molecule has 0 saturated carbocycles. The zero-order chi connectivity index (χ0) is 13.3. The molecule has 0 aromatic rings. The van der Waals surface area contributed by atoms with Gasteiger partial charge in [0, 0.05) is 6.10 Å².